The van der Waals surface area contributed by atoms with Crippen LogP contribution in [0.1, 0.15) is 21.7 Å². The van der Waals surface area contributed by atoms with Crippen LogP contribution in [0, 0.1) is 6.92 Å². The smallest absolute Gasteiger partial charge is 0.272 e. The van der Waals surface area contributed by atoms with E-state index in [0.717, 1.165) is 5.56 Å². The molecule has 0 atom stereocenters. The lowest BCUT2D eigenvalue weighted by atomic mass is 10.1. The van der Waals surface area contributed by atoms with E-state index >= 15 is 0 Å². The van der Waals surface area contributed by atoms with E-state index in [4.69, 9.17) is 9.15 Å². The van der Waals surface area contributed by atoms with Crippen LogP contribution >= 0.6 is 0 Å². The van der Waals surface area contributed by atoms with Crippen LogP contribution in [0.4, 0.5) is 5.69 Å². The van der Waals surface area contributed by atoms with Gasteiger partial charge in [-0.2, -0.15) is 0 Å². The Kier molecular flexibility index (Phi) is 6.84. The number of carbonyl (C=O) groups is 2. The first-order valence-corrected chi connectivity index (χ1v) is 9.34. The van der Waals surface area contributed by atoms with E-state index in [0.29, 0.717) is 29.4 Å². The molecule has 0 radical (unpaired) electrons. The van der Waals surface area contributed by atoms with E-state index in [-0.39, 0.29) is 11.6 Å². The molecule has 0 bridgehead atoms. The standard InChI is InChI=1S/C24H22N2O4/c1-3-14-29-19-12-10-18(11-13-19)25-24(28)22(16-20-8-6-15-30-20)26-23(27)21-9-5-4-7-17(21)2/h3-13,15-16H,1,14H2,2H3,(H,25,28)(H,26,27)/b22-16-. The van der Waals surface area contributed by atoms with Gasteiger partial charge in [-0.15, -0.1) is 0 Å². The lowest BCUT2D eigenvalue weighted by Gasteiger charge is -2.12. The highest BCUT2D eigenvalue weighted by atomic mass is 16.5. The van der Waals surface area contributed by atoms with Crippen LogP contribution in [0.2, 0.25) is 0 Å². The molecule has 0 unspecified atom stereocenters. The van der Waals surface area contributed by atoms with Crippen LogP contribution < -0.4 is 15.4 Å². The highest BCUT2D eigenvalue weighted by molar-refractivity contribution is 6.10. The molecule has 0 aliphatic heterocycles. The van der Waals surface area contributed by atoms with Crippen LogP contribution in [-0.2, 0) is 4.79 Å². The highest BCUT2D eigenvalue weighted by Gasteiger charge is 2.16. The third-order valence-electron chi connectivity index (χ3n) is 4.19. The number of rotatable bonds is 8. The minimum absolute atomic E-state index is 0.0604. The number of carbonyl (C=O) groups excluding carboxylic acids is 2. The first-order chi connectivity index (χ1) is 14.6. The number of ether oxygens (including phenoxy) is 1. The Bertz CT molecular complexity index is 1050. The number of amides is 2. The van der Waals surface area contributed by atoms with Gasteiger partial charge in [0.2, 0.25) is 0 Å². The molecule has 30 heavy (non-hydrogen) atoms. The lowest BCUT2D eigenvalue weighted by Crippen LogP contribution is -2.31. The van der Waals surface area contributed by atoms with Gasteiger partial charge in [0, 0.05) is 17.3 Å². The van der Waals surface area contributed by atoms with Gasteiger partial charge in [0.1, 0.15) is 23.8 Å². The number of furan rings is 1. The summed E-state index contributed by atoms with van der Waals surface area (Å²) in [5, 5.41) is 5.46. The molecular formula is C24H22N2O4. The molecule has 6 heteroatoms. The molecule has 6 nitrogen and oxygen atoms in total. The van der Waals surface area contributed by atoms with Crippen LogP contribution in [0.15, 0.2) is 89.7 Å². The number of nitrogens with one attached hydrogen (secondary N) is 2. The van der Waals surface area contributed by atoms with Crippen LogP contribution in [-0.4, -0.2) is 18.4 Å². The number of hydrogen-bond acceptors (Lipinski definition) is 4. The van der Waals surface area contributed by atoms with E-state index in [2.05, 4.69) is 17.2 Å². The van der Waals surface area contributed by atoms with Gasteiger partial charge in [-0.1, -0.05) is 30.9 Å². The van der Waals surface area contributed by atoms with Gasteiger partial charge in [0.05, 0.1) is 6.26 Å². The quantitative estimate of drug-likeness (QED) is 0.427. The van der Waals surface area contributed by atoms with Crippen molar-refractivity contribution in [2.24, 2.45) is 0 Å². The number of anilines is 1. The molecule has 2 amide bonds. The number of aryl methyl sites for hydroxylation is 1. The Hall–Kier alpha value is -4.06. The maximum Gasteiger partial charge on any atom is 0.272 e. The third-order valence-corrected chi connectivity index (χ3v) is 4.19. The van der Waals surface area contributed by atoms with Gasteiger partial charge >= 0.3 is 0 Å². The van der Waals surface area contributed by atoms with Crippen LogP contribution in [0.5, 0.6) is 5.75 Å². The van der Waals surface area contributed by atoms with Crippen LogP contribution in [0.25, 0.3) is 6.08 Å². The van der Waals surface area contributed by atoms with Gasteiger partial charge in [-0.25, -0.2) is 0 Å². The van der Waals surface area contributed by atoms with Gasteiger partial charge in [-0.05, 0) is 55.0 Å². The van der Waals surface area contributed by atoms with Crippen molar-refractivity contribution in [1.82, 2.24) is 5.32 Å². The second-order valence-corrected chi connectivity index (χ2v) is 6.42. The molecule has 1 aromatic heterocycles. The fourth-order valence-electron chi connectivity index (χ4n) is 2.68. The third kappa shape index (κ3) is 5.48. The second-order valence-electron chi connectivity index (χ2n) is 6.42. The van der Waals surface area contributed by atoms with Crippen molar-refractivity contribution in [2.45, 2.75) is 6.92 Å². The van der Waals surface area contributed by atoms with Crippen molar-refractivity contribution in [1.29, 1.82) is 0 Å². The molecule has 0 saturated carbocycles. The fourth-order valence-corrected chi connectivity index (χ4v) is 2.68. The normalized spacial score (nSPS) is 10.9. The first kappa shape index (κ1) is 20.7. The zero-order valence-corrected chi connectivity index (χ0v) is 16.6. The van der Waals surface area contributed by atoms with Crippen molar-refractivity contribution in [3.05, 3.63) is 102 Å². The van der Waals surface area contributed by atoms with Gasteiger partial charge in [0.25, 0.3) is 11.8 Å². The predicted molar refractivity (Wildman–Crippen MR) is 116 cm³/mol. The Morgan fingerprint density at radius 1 is 1.07 bits per heavy atom. The lowest BCUT2D eigenvalue weighted by molar-refractivity contribution is -0.113. The maximum absolute atomic E-state index is 12.9. The second kappa shape index (κ2) is 9.93. The van der Waals surface area contributed by atoms with E-state index in [9.17, 15) is 9.59 Å². The molecule has 0 saturated heterocycles. The summed E-state index contributed by atoms with van der Waals surface area (Å²) in [6, 6.07) is 17.5. The molecule has 0 aliphatic carbocycles. The van der Waals surface area contributed by atoms with Crippen molar-refractivity contribution in [3.8, 4) is 5.75 Å². The molecule has 3 aromatic rings. The molecule has 0 spiro atoms. The first-order valence-electron chi connectivity index (χ1n) is 9.34. The van der Waals surface area contributed by atoms with Crippen molar-refractivity contribution in [2.75, 3.05) is 11.9 Å². The van der Waals surface area contributed by atoms with Crippen molar-refractivity contribution >= 4 is 23.6 Å². The fraction of sp³-hybridized carbons (Fsp3) is 0.0833. The largest absolute Gasteiger partial charge is 0.490 e. The molecule has 0 fully saturated rings. The Labute approximate surface area is 174 Å². The van der Waals surface area contributed by atoms with E-state index in [1.807, 2.05) is 19.1 Å². The zero-order valence-electron chi connectivity index (χ0n) is 16.6. The van der Waals surface area contributed by atoms with Gasteiger partial charge in [0.15, 0.2) is 0 Å². The average molecular weight is 402 g/mol. The minimum atomic E-state index is -0.479. The molecule has 2 aromatic carbocycles. The Morgan fingerprint density at radius 2 is 1.83 bits per heavy atom. The molecule has 0 aliphatic rings. The van der Waals surface area contributed by atoms with E-state index < -0.39 is 5.91 Å². The summed E-state index contributed by atoms with van der Waals surface area (Å²) in [5.41, 5.74) is 1.91. The molecule has 3 rings (SSSR count). The Morgan fingerprint density at radius 3 is 2.50 bits per heavy atom. The molecular weight excluding hydrogens is 380 g/mol. The SMILES string of the molecule is C=CCOc1ccc(NC(=O)/C(=C/c2ccco2)NC(=O)c2ccccc2C)cc1. The van der Waals surface area contributed by atoms with Crippen molar-refractivity contribution in [3.63, 3.8) is 0 Å². The predicted octanol–water partition coefficient (Wildman–Crippen LogP) is 4.56. The minimum Gasteiger partial charge on any atom is -0.490 e. The summed E-state index contributed by atoms with van der Waals surface area (Å²) in [5.74, 6) is 0.243. The summed E-state index contributed by atoms with van der Waals surface area (Å²) in [6.07, 6.45) is 4.62. The number of benzene rings is 2. The average Bonchev–Trinajstić information content (AvgIpc) is 3.26. The van der Waals surface area contributed by atoms with E-state index in [1.54, 1.807) is 54.6 Å². The van der Waals surface area contributed by atoms with Crippen molar-refractivity contribution < 1.29 is 18.7 Å². The summed E-state index contributed by atoms with van der Waals surface area (Å²) in [6.45, 7) is 5.83. The van der Waals surface area contributed by atoms with Crippen LogP contribution in [0.3, 0.4) is 0 Å². The zero-order chi connectivity index (χ0) is 21.3. The van der Waals surface area contributed by atoms with Gasteiger partial charge in [-0.3, -0.25) is 9.59 Å². The molecule has 1 heterocycles. The Balaban J connectivity index is 1.78. The topological polar surface area (TPSA) is 80.6 Å². The summed E-state index contributed by atoms with van der Waals surface area (Å²) in [7, 11) is 0. The van der Waals surface area contributed by atoms with Gasteiger partial charge < -0.3 is 19.8 Å². The summed E-state index contributed by atoms with van der Waals surface area (Å²) >= 11 is 0. The number of hydrogen-bond donors (Lipinski definition) is 2. The highest BCUT2D eigenvalue weighted by Crippen LogP contribution is 2.17. The maximum atomic E-state index is 12.9. The molecule has 152 valence electrons. The monoisotopic (exact) mass is 402 g/mol. The summed E-state index contributed by atoms with van der Waals surface area (Å²) in [4.78, 5) is 25.6. The molecule has 2 N–H and O–H groups in total. The summed E-state index contributed by atoms with van der Waals surface area (Å²) < 4.78 is 10.7. The van der Waals surface area contributed by atoms with E-state index in [1.165, 1.54) is 12.3 Å².